The summed E-state index contributed by atoms with van der Waals surface area (Å²) in [6.07, 6.45) is 3.45. The van der Waals surface area contributed by atoms with Crippen LogP contribution in [-0.2, 0) is 7.05 Å². The minimum absolute atomic E-state index is 0.270. The third-order valence-corrected chi connectivity index (χ3v) is 2.06. The molecule has 0 saturated carbocycles. The van der Waals surface area contributed by atoms with Crippen LogP contribution in [0.2, 0.25) is 0 Å². The molecular formula is C8H11N6O. The van der Waals surface area contributed by atoms with Gasteiger partial charge in [0.1, 0.15) is 0 Å². The predicted octanol–water partition coefficient (Wildman–Crippen LogP) is -0.402. The molecule has 7 heteroatoms. The summed E-state index contributed by atoms with van der Waals surface area (Å²) in [6.45, 7) is 0. The monoisotopic (exact) mass is 207 g/mol. The molecule has 0 fully saturated rings. The second-order valence-electron chi connectivity index (χ2n) is 3.22. The van der Waals surface area contributed by atoms with Gasteiger partial charge in [0.2, 0.25) is 5.84 Å². The molecule has 0 unspecified atom stereocenters. The molecule has 1 radical (unpaired) electrons. The van der Waals surface area contributed by atoms with Crippen molar-refractivity contribution in [3.05, 3.63) is 18.2 Å². The molecule has 1 aliphatic rings. The van der Waals surface area contributed by atoms with E-state index >= 15 is 0 Å². The second-order valence-corrected chi connectivity index (χ2v) is 3.22. The van der Waals surface area contributed by atoms with Crippen molar-refractivity contribution in [2.75, 3.05) is 14.1 Å². The highest BCUT2D eigenvalue weighted by molar-refractivity contribution is 5.98. The number of hydrogen-bond acceptors (Lipinski definition) is 3. The van der Waals surface area contributed by atoms with Gasteiger partial charge in [0, 0.05) is 33.5 Å². The number of hydrogen-bond donors (Lipinski definition) is 0. The van der Waals surface area contributed by atoms with Crippen molar-refractivity contribution in [2.24, 2.45) is 12.1 Å². The third kappa shape index (κ3) is 1.51. The summed E-state index contributed by atoms with van der Waals surface area (Å²) in [7, 11) is 5.00. The molecule has 7 nitrogen and oxygen atoms in total. The van der Waals surface area contributed by atoms with E-state index in [1.165, 1.54) is 10.0 Å². The summed E-state index contributed by atoms with van der Waals surface area (Å²) in [6, 6.07) is -0.270. The van der Waals surface area contributed by atoms with E-state index in [0.717, 1.165) is 0 Å². The van der Waals surface area contributed by atoms with Gasteiger partial charge in [0.15, 0.2) is 5.82 Å². The lowest BCUT2D eigenvalue weighted by atomic mass is 10.5. The fraction of sp³-hybridized carbons (Fsp3) is 0.375. The minimum Gasteiger partial charge on any atom is -0.331 e. The maximum atomic E-state index is 11.3. The Labute approximate surface area is 87.0 Å². The first-order chi connectivity index (χ1) is 7.09. The van der Waals surface area contributed by atoms with Crippen LogP contribution in [0.25, 0.3) is 0 Å². The average Bonchev–Trinajstić information content (AvgIpc) is 2.60. The van der Waals surface area contributed by atoms with Crippen molar-refractivity contribution in [2.45, 2.75) is 0 Å². The molecule has 0 aliphatic carbocycles. The van der Waals surface area contributed by atoms with Gasteiger partial charge in [0.05, 0.1) is 0 Å². The van der Waals surface area contributed by atoms with Gasteiger partial charge in [-0.1, -0.05) is 0 Å². The Morgan fingerprint density at radius 1 is 1.20 bits per heavy atom. The smallest absolute Gasteiger partial charge is 0.331 e. The quantitative estimate of drug-likeness (QED) is 0.628. The van der Waals surface area contributed by atoms with Crippen molar-refractivity contribution in [3.8, 4) is 0 Å². The summed E-state index contributed by atoms with van der Waals surface area (Å²) < 4.78 is 1.79. The normalized spacial score (nSPS) is 16.5. The highest BCUT2D eigenvalue weighted by Gasteiger charge is 2.26. The van der Waals surface area contributed by atoms with Crippen LogP contribution >= 0.6 is 0 Å². The Hall–Kier alpha value is -2.05. The Bertz CT molecular complexity index is 423. The zero-order valence-electron chi connectivity index (χ0n) is 8.75. The van der Waals surface area contributed by atoms with Crippen molar-refractivity contribution >= 4 is 11.9 Å². The van der Waals surface area contributed by atoms with Gasteiger partial charge in [-0.05, 0) is 0 Å². The molecule has 1 aromatic rings. The lowest BCUT2D eigenvalue weighted by molar-refractivity contribution is 0.155. The number of rotatable bonds is 1. The molecule has 1 aromatic heterocycles. The highest BCUT2D eigenvalue weighted by atomic mass is 16.2. The zero-order valence-corrected chi connectivity index (χ0v) is 8.75. The van der Waals surface area contributed by atoms with Crippen molar-refractivity contribution in [1.29, 1.82) is 0 Å². The molecular weight excluding hydrogens is 196 g/mol. The Morgan fingerprint density at radius 3 is 2.47 bits per heavy atom. The molecule has 2 heterocycles. The summed E-state index contributed by atoms with van der Waals surface area (Å²) in [5.74, 6) is 1.05. The first-order valence-electron chi connectivity index (χ1n) is 4.39. The predicted molar refractivity (Wildman–Crippen MR) is 52.8 cm³/mol. The largest absolute Gasteiger partial charge is 0.360 e. The molecule has 0 aromatic carbocycles. The molecule has 0 bridgehead atoms. The molecule has 0 atom stereocenters. The number of nitrogens with zero attached hydrogens (tertiary/aromatic N) is 6. The highest BCUT2D eigenvalue weighted by Crippen LogP contribution is 2.05. The molecule has 2 rings (SSSR count). The Balaban J connectivity index is 2.36. The number of hydrazone groups is 1. The minimum atomic E-state index is -0.270. The van der Waals surface area contributed by atoms with Gasteiger partial charge in [0.25, 0.3) is 0 Å². The summed E-state index contributed by atoms with van der Waals surface area (Å²) in [4.78, 5) is 15.5. The summed E-state index contributed by atoms with van der Waals surface area (Å²) >= 11 is 0. The molecule has 79 valence electrons. The van der Waals surface area contributed by atoms with Crippen LogP contribution in [0.5, 0.6) is 0 Å². The molecule has 2 amide bonds. The van der Waals surface area contributed by atoms with Crippen LogP contribution in [0.1, 0.15) is 5.82 Å². The van der Waals surface area contributed by atoms with Crippen LogP contribution in [0.15, 0.2) is 17.5 Å². The lowest BCUT2D eigenvalue weighted by Crippen LogP contribution is -2.49. The average molecular weight is 207 g/mol. The van der Waals surface area contributed by atoms with Gasteiger partial charge in [-0.15, -0.1) is 10.5 Å². The van der Waals surface area contributed by atoms with E-state index in [-0.39, 0.29) is 6.03 Å². The molecule has 0 saturated heterocycles. The fourth-order valence-electron chi connectivity index (χ4n) is 1.27. The third-order valence-electron chi connectivity index (χ3n) is 2.06. The Morgan fingerprint density at radius 2 is 1.93 bits per heavy atom. The van der Waals surface area contributed by atoms with Gasteiger partial charge in [-0.2, -0.15) is 0 Å². The number of carbonyl (C=O) groups excluding carboxylic acids is 1. The van der Waals surface area contributed by atoms with E-state index < -0.39 is 0 Å². The maximum Gasteiger partial charge on any atom is 0.360 e. The van der Waals surface area contributed by atoms with Crippen LogP contribution in [0.3, 0.4) is 0 Å². The van der Waals surface area contributed by atoms with Gasteiger partial charge < -0.3 is 4.57 Å². The fourth-order valence-corrected chi connectivity index (χ4v) is 1.27. The first-order valence-corrected chi connectivity index (χ1v) is 4.39. The van der Waals surface area contributed by atoms with Gasteiger partial charge in [-0.25, -0.2) is 19.8 Å². The second kappa shape index (κ2) is 3.26. The number of amides is 2. The van der Waals surface area contributed by atoms with Crippen LogP contribution in [0.4, 0.5) is 4.79 Å². The van der Waals surface area contributed by atoms with Crippen LogP contribution in [-0.4, -0.2) is 45.5 Å². The molecule has 0 spiro atoms. The van der Waals surface area contributed by atoms with E-state index in [1.807, 2.05) is 7.05 Å². The molecule has 0 N–H and O–H groups in total. The number of aryl methyl sites for hydroxylation is 1. The number of imidazole rings is 1. The number of urea groups is 1. The first kappa shape index (κ1) is 9.50. The van der Waals surface area contributed by atoms with E-state index in [9.17, 15) is 4.79 Å². The number of aromatic nitrogens is 2. The van der Waals surface area contributed by atoms with Crippen LogP contribution < -0.4 is 5.43 Å². The number of carbonyl (C=O) groups is 1. The van der Waals surface area contributed by atoms with E-state index in [1.54, 1.807) is 31.1 Å². The summed E-state index contributed by atoms with van der Waals surface area (Å²) in [5, 5.41) is 6.49. The van der Waals surface area contributed by atoms with E-state index in [0.29, 0.717) is 11.7 Å². The Kier molecular flexibility index (Phi) is 2.07. The van der Waals surface area contributed by atoms with E-state index in [2.05, 4.69) is 15.5 Å². The van der Waals surface area contributed by atoms with Crippen molar-refractivity contribution < 1.29 is 4.79 Å². The maximum absolute atomic E-state index is 11.3. The topological polar surface area (TPSA) is 67.8 Å². The standard InChI is InChI=1S/C8H11N6O/c1-12-5-4-9-7(12)6-10-13(2)8(15)14(3)11-6/h4-5H,1-3H3. The van der Waals surface area contributed by atoms with Gasteiger partial charge in [-0.3, -0.25) is 0 Å². The number of amidine groups is 1. The van der Waals surface area contributed by atoms with Gasteiger partial charge >= 0.3 is 6.03 Å². The SMILES string of the molecule is CN1[N]C(c2nccn2C)=NN(C)C1=O. The lowest BCUT2D eigenvalue weighted by Gasteiger charge is -2.26. The van der Waals surface area contributed by atoms with Crippen LogP contribution in [0, 0.1) is 0 Å². The summed E-state index contributed by atoms with van der Waals surface area (Å²) in [5.41, 5.74) is 4.03. The zero-order chi connectivity index (χ0) is 11.0. The van der Waals surface area contributed by atoms with E-state index in [4.69, 9.17) is 0 Å². The van der Waals surface area contributed by atoms with Crippen molar-refractivity contribution in [1.82, 2.24) is 25.0 Å². The molecule has 15 heavy (non-hydrogen) atoms. The van der Waals surface area contributed by atoms with Crippen molar-refractivity contribution in [3.63, 3.8) is 0 Å². The molecule has 1 aliphatic heterocycles.